The van der Waals surface area contributed by atoms with E-state index in [0.29, 0.717) is 6.10 Å². The summed E-state index contributed by atoms with van der Waals surface area (Å²) < 4.78 is 5.59. The number of hydrogen-bond donors (Lipinski definition) is 1. The summed E-state index contributed by atoms with van der Waals surface area (Å²) in [7, 11) is 1.88. The Kier molecular flexibility index (Phi) is 2.66. The zero-order chi connectivity index (χ0) is 8.39. The maximum atomic E-state index is 5.59. The molecule has 0 aromatic carbocycles. The molecule has 2 aliphatic rings. The van der Waals surface area contributed by atoms with Gasteiger partial charge in [0.2, 0.25) is 0 Å². The smallest absolute Gasteiger partial charge is 0.0628 e. The summed E-state index contributed by atoms with van der Waals surface area (Å²) >= 11 is 0. The van der Waals surface area contributed by atoms with E-state index in [1.54, 1.807) is 0 Å². The van der Waals surface area contributed by atoms with Crippen LogP contribution in [0.2, 0.25) is 0 Å². The van der Waals surface area contributed by atoms with Crippen molar-refractivity contribution in [2.45, 2.75) is 31.8 Å². The van der Waals surface area contributed by atoms with E-state index in [-0.39, 0.29) is 0 Å². The van der Waals surface area contributed by atoms with E-state index in [9.17, 15) is 0 Å². The van der Waals surface area contributed by atoms with Crippen molar-refractivity contribution in [2.24, 2.45) is 11.8 Å². The first-order chi connectivity index (χ1) is 5.92. The standard InChI is InChI=1S/C10H19NO/c1-12-10(8-2-3-8)9-4-6-11-7-5-9/h8-11H,2-7H2,1H3. The Morgan fingerprint density at radius 1 is 1.08 bits per heavy atom. The highest BCUT2D eigenvalue weighted by Gasteiger charge is 2.36. The van der Waals surface area contributed by atoms with Crippen molar-refractivity contribution in [1.29, 1.82) is 0 Å². The first-order valence-corrected chi connectivity index (χ1v) is 5.15. The van der Waals surface area contributed by atoms with Crippen LogP contribution in [0.5, 0.6) is 0 Å². The molecule has 1 atom stereocenters. The topological polar surface area (TPSA) is 21.3 Å². The van der Waals surface area contributed by atoms with E-state index < -0.39 is 0 Å². The average Bonchev–Trinajstić information content (AvgIpc) is 2.92. The molecule has 2 rings (SSSR count). The van der Waals surface area contributed by atoms with Crippen LogP contribution >= 0.6 is 0 Å². The summed E-state index contributed by atoms with van der Waals surface area (Å²) in [5.41, 5.74) is 0. The molecule has 0 amide bonds. The maximum Gasteiger partial charge on any atom is 0.0628 e. The Hall–Kier alpha value is -0.0800. The van der Waals surface area contributed by atoms with Gasteiger partial charge in [-0.2, -0.15) is 0 Å². The molecule has 1 saturated carbocycles. The lowest BCUT2D eigenvalue weighted by Crippen LogP contribution is -2.35. The molecule has 1 unspecified atom stereocenters. The molecule has 0 spiro atoms. The summed E-state index contributed by atoms with van der Waals surface area (Å²) in [5.74, 6) is 1.74. The van der Waals surface area contributed by atoms with E-state index >= 15 is 0 Å². The number of rotatable bonds is 3. The molecule has 2 fully saturated rings. The van der Waals surface area contributed by atoms with Gasteiger partial charge in [-0.15, -0.1) is 0 Å². The minimum Gasteiger partial charge on any atom is -0.381 e. The summed E-state index contributed by atoms with van der Waals surface area (Å²) in [4.78, 5) is 0. The number of hydrogen-bond acceptors (Lipinski definition) is 2. The van der Waals surface area contributed by atoms with Crippen LogP contribution in [0.15, 0.2) is 0 Å². The minimum atomic E-state index is 0.576. The summed E-state index contributed by atoms with van der Waals surface area (Å²) in [5, 5.41) is 3.40. The Morgan fingerprint density at radius 2 is 1.67 bits per heavy atom. The molecule has 2 nitrogen and oxygen atoms in total. The maximum absolute atomic E-state index is 5.59. The van der Waals surface area contributed by atoms with Crippen LogP contribution in [-0.4, -0.2) is 26.3 Å². The Bertz CT molecular complexity index is 139. The van der Waals surface area contributed by atoms with Crippen LogP contribution in [0.4, 0.5) is 0 Å². The van der Waals surface area contributed by atoms with Gasteiger partial charge in [0.15, 0.2) is 0 Å². The van der Waals surface area contributed by atoms with Gasteiger partial charge >= 0.3 is 0 Å². The van der Waals surface area contributed by atoms with E-state index in [2.05, 4.69) is 5.32 Å². The zero-order valence-electron chi connectivity index (χ0n) is 7.88. The van der Waals surface area contributed by atoms with Crippen molar-refractivity contribution < 1.29 is 4.74 Å². The van der Waals surface area contributed by atoms with Crippen LogP contribution in [0, 0.1) is 11.8 Å². The van der Waals surface area contributed by atoms with Crippen molar-refractivity contribution in [3.8, 4) is 0 Å². The summed E-state index contributed by atoms with van der Waals surface area (Å²) in [6.45, 7) is 2.38. The van der Waals surface area contributed by atoms with Crippen LogP contribution in [0.3, 0.4) is 0 Å². The normalized spacial score (nSPS) is 28.8. The molecule has 70 valence electrons. The molecular weight excluding hydrogens is 150 g/mol. The van der Waals surface area contributed by atoms with Gasteiger partial charge in [-0.3, -0.25) is 0 Å². The van der Waals surface area contributed by atoms with Gasteiger partial charge in [0.1, 0.15) is 0 Å². The highest BCUT2D eigenvalue weighted by Crippen LogP contribution is 2.39. The zero-order valence-corrected chi connectivity index (χ0v) is 7.88. The van der Waals surface area contributed by atoms with Gasteiger partial charge in [0.05, 0.1) is 6.10 Å². The fourth-order valence-electron chi connectivity index (χ4n) is 2.37. The van der Waals surface area contributed by atoms with Crippen LogP contribution in [0.25, 0.3) is 0 Å². The predicted octanol–water partition coefficient (Wildman–Crippen LogP) is 1.41. The fourth-order valence-corrected chi connectivity index (χ4v) is 2.37. The van der Waals surface area contributed by atoms with Gasteiger partial charge in [-0.05, 0) is 50.6 Å². The van der Waals surface area contributed by atoms with Crippen molar-refractivity contribution in [3.63, 3.8) is 0 Å². The Balaban J connectivity index is 1.85. The second-order valence-electron chi connectivity index (χ2n) is 4.13. The van der Waals surface area contributed by atoms with Crippen LogP contribution in [-0.2, 0) is 4.74 Å². The molecule has 1 N–H and O–H groups in total. The second kappa shape index (κ2) is 3.75. The summed E-state index contributed by atoms with van der Waals surface area (Å²) in [6.07, 6.45) is 6.02. The van der Waals surface area contributed by atoms with E-state index in [0.717, 1.165) is 11.8 Å². The van der Waals surface area contributed by atoms with E-state index in [4.69, 9.17) is 4.74 Å². The van der Waals surface area contributed by atoms with Gasteiger partial charge in [0.25, 0.3) is 0 Å². The third-order valence-electron chi connectivity index (χ3n) is 3.21. The molecule has 0 radical (unpaired) electrons. The molecule has 0 aromatic rings. The number of piperidine rings is 1. The third kappa shape index (κ3) is 1.80. The highest BCUT2D eigenvalue weighted by molar-refractivity contribution is 4.88. The second-order valence-corrected chi connectivity index (χ2v) is 4.13. The third-order valence-corrected chi connectivity index (χ3v) is 3.21. The molecule has 1 saturated heterocycles. The van der Waals surface area contributed by atoms with Gasteiger partial charge in [-0.1, -0.05) is 0 Å². The van der Waals surface area contributed by atoms with Gasteiger partial charge < -0.3 is 10.1 Å². The first-order valence-electron chi connectivity index (χ1n) is 5.15. The number of methoxy groups -OCH3 is 1. The van der Waals surface area contributed by atoms with Gasteiger partial charge in [0, 0.05) is 7.11 Å². The first kappa shape index (κ1) is 8.52. The Labute approximate surface area is 74.7 Å². The lowest BCUT2D eigenvalue weighted by Gasteiger charge is -2.29. The van der Waals surface area contributed by atoms with Crippen molar-refractivity contribution in [2.75, 3.05) is 20.2 Å². The lowest BCUT2D eigenvalue weighted by molar-refractivity contribution is 0.0231. The quantitative estimate of drug-likeness (QED) is 0.689. The molecule has 0 bridgehead atoms. The lowest BCUT2D eigenvalue weighted by atomic mass is 9.89. The molecule has 12 heavy (non-hydrogen) atoms. The Morgan fingerprint density at radius 3 is 2.17 bits per heavy atom. The molecule has 0 aromatic heterocycles. The fraction of sp³-hybridized carbons (Fsp3) is 1.00. The highest BCUT2D eigenvalue weighted by atomic mass is 16.5. The van der Waals surface area contributed by atoms with Crippen molar-refractivity contribution in [3.05, 3.63) is 0 Å². The van der Waals surface area contributed by atoms with Gasteiger partial charge in [-0.25, -0.2) is 0 Å². The van der Waals surface area contributed by atoms with Crippen LogP contribution < -0.4 is 5.32 Å². The molecule has 2 heteroatoms. The van der Waals surface area contributed by atoms with Crippen LogP contribution in [0.1, 0.15) is 25.7 Å². The molecule has 1 aliphatic carbocycles. The number of ether oxygens (including phenoxy) is 1. The average molecular weight is 169 g/mol. The molecule has 1 aliphatic heterocycles. The molecular formula is C10H19NO. The van der Waals surface area contributed by atoms with Crippen molar-refractivity contribution >= 4 is 0 Å². The van der Waals surface area contributed by atoms with E-state index in [1.807, 2.05) is 7.11 Å². The van der Waals surface area contributed by atoms with E-state index in [1.165, 1.54) is 38.8 Å². The summed E-state index contributed by atoms with van der Waals surface area (Å²) in [6, 6.07) is 0. The number of nitrogens with one attached hydrogen (secondary N) is 1. The van der Waals surface area contributed by atoms with Crippen molar-refractivity contribution in [1.82, 2.24) is 5.32 Å². The predicted molar refractivity (Wildman–Crippen MR) is 49.1 cm³/mol. The minimum absolute atomic E-state index is 0.576. The SMILES string of the molecule is COC(C1CCNCC1)C1CC1. The largest absolute Gasteiger partial charge is 0.381 e. The molecule has 1 heterocycles. The monoisotopic (exact) mass is 169 g/mol.